The number of benzene rings is 2. The number of carbonyl (C=O) groups is 2. The third-order valence-electron chi connectivity index (χ3n) is 3.14. The summed E-state index contributed by atoms with van der Waals surface area (Å²) in [6.45, 7) is -0.519. The number of ether oxygens (including phenoxy) is 2. The fourth-order valence-electron chi connectivity index (χ4n) is 1.93. The van der Waals surface area contributed by atoms with Crippen LogP contribution < -0.4 is 14.8 Å². The third kappa shape index (κ3) is 4.50. The van der Waals surface area contributed by atoms with E-state index in [9.17, 15) is 24.1 Å². The van der Waals surface area contributed by atoms with Crippen LogP contribution in [0.1, 0.15) is 10.4 Å². The highest BCUT2D eigenvalue weighted by atomic mass is 19.1. The van der Waals surface area contributed by atoms with E-state index in [0.29, 0.717) is 12.0 Å². The second kappa shape index (κ2) is 7.86. The Balaban J connectivity index is 2.05. The summed E-state index contributed by atoms with van der Waals surface area (Å²) in [5, 5.41) is 12.9. The van der Waals surface area contributed by atoms with Crippen molar-refractivity contribution in [3.8, 4) is 11.5 Å². The molecule has 0 fully saturated rings. The number of hydrogen-bond donors (Lipinski definition) is 1. The lowest BCUT2D eigenvalue weighted by atomic mass is 10.2. The highest BCUT2D eigenvalue weighted by Crippen LogP contribution is 2.23. The van der Waals surface area contributed by atoms with Crippen molar-refractivity contribution >= 4 is 23.6 Å². The summed E-state index contributed by atoms with van der Waals surface area (Å²) in [7, 11) is 1.44. The molecule has 0 aliphatic rings. The van der Waals surface area contributed by atoms with Crippen molar-refractivity contribution in [3.63, 3.8) is 0 Å². The lowest BCUT2D eigenvalue weighted by molar-refractivity contribution is -0.384. The van der Waals surface area contributed by atoms with Gasteiger partial charge in [-0.1, -0.05) is 0 Å². The van der Waals surface area contributed by atoms with Gasteiger partial charge in [-0.3, -0.25) is 19.7 Å². The molecule has 0 unspecified atom stereocenters. The van der Waals surface area contributed by atoms with E-state index in [1.165, 1.54) is 19.2 Å². The van der Waals surface area contributed by atoms with Gasteiger partial charge in [0, 0.05) is 12.1 Å². The van der Waals surface area contributed by atoms with Crippen molar-refractivity contribution in [2.24, 2.45) is 0 Å². The third-order valence-corrected chi connectivity index (χ3v) is 3.14. The van der Waals surface area contributed by atoms with Crippen molar-refractivity contribution < 1.29 is 28.4 Å². The first-order valence-electron chi connectivity index (χ1n) is 6.94. The van der Waals surface area contributed by atoms with Crippen molar-refractivity contribution in [2.75, 3.05) is 19.0 Å². The topological polar surface area (TPSA) is 108 Å². The SMILES string of the molecule is COc1ccc(OCC(=O)Nc2cc([N+](=O)[O-])ccc2F)c(C=O)c1. The van der Waals surface area contributed by atoms with E-state index in [0.717, 1.165) is 18.2 Å². The van der Waals surface area contributed by atoms with Crippen LogP contribution in [0.4, 0.5) is 15.8 Å². The molecule has 0 saturated carbocycles. The molecule has 0 spiro atoms. The van der Waals surface area contributed by atoms with Gasteiger partial charge >= 0.3 is 0 Å². The van der Waals surface area contributed by atoms with Crippen LogP contribution in [0.15, 0.2) is 36.4 Å². The summed E-state index contributed by atoms with van der Waals surface area (Å²) in [4.78, 5) is 32.9. The van der Waals surface area contributed by atoms with E-state index in [1.54, 1.807) is 6.07 Å². The van der Waals surface area contributed by atoms with E-state index in [4.69, 9.17) is 9.47 Å². The van der Waals surface area contributed by atoms with Crippen LogP contribution in [0.5, 0.6) is 11.5 Å². The lowest BCUT2D eigenvalue weighted by Gasteiger charge is -2.10. The average Bonchev–Trinajstić information content (AvgIpc) is 2.61. The van der Waals surface area contributed by atoms with Gasteiger partial charge in [0.05, 0.1) is 23.3 Å². The molecule has 1 amide bonds. The van der Waals surface area contributed by atoms with Gasteiger partial charge < -0.3 is 14.8 Å². The Morgan fingerprint density at radius 2 is 2.08 bits per heavy atom. The number of anilines is 1. The number of nitrogens with one attached hydrogen (secondary N) is 1. The minimum Gasteiger partial charge on any atom is -0.497 e. The normalized spacial score (nSPS) is 10.0. The maximum atomic E-state index is 13.6. The number of halogens is 1. The van der Waals surface area contributed by atoms with E-state index in [1.807, 2.05) is 0 Å². The molecule has 9 heteroatoms. The predicted octanol–water partition coefficient (Wildman–Crippen LogP) is 2.57. The number of nitro benzene ring substituents is 1. The molecule has 0 heterocycles. The molecule has 0 aliphatic heterocycles. The second-order valence-electron chi connectivity index (χ2n) is 4.78. The molecule has 25 heavy (non-hydrogen) atoms. The molecule has 0 aromatic heterocycles. The van der Waals surface area contributed by atoms with Crippen molar-refractivity contribution in [1.29, 1.82) is 0 Å². The van der Waals surface area contributed by atoms with Crippen LogP contribution in [0, 0.1) is 15.9 Å². The van der Waals surface area contributed by atoms with Crippen molar-refractivity contribution in [2.45, 2.75) is 0 Å². The first-order chi connectivity index (χ1) is 11.9. The fourth-order valence-corrected chi connectivity index (χ4v) is 1.93. The minimum atomic E-state index is -0.822. The Labute approximate surface area is 141 Å². The molecule has 2 aromatic carbocycles. The second-order valence-corrected chi connectivity index (χ2v) is 4.78. The first kappa shape index (κ1) is 17.9. The minimum absolute atomic E-state index is 0.144. The molecule has 2 aromatic rings. The quantitative estimate of drug-likeness (QED) is 0.468. The van der Waals surface area contributed by atoms with Crippen molar-refractivity contribution in [3.05, 3.63) is 57.9 Å². The van der Waals surface area contributed by atoms with E-state index in [-0.39, 0.29) is 22.7 Å². The summed E-state index contributed by atoms with van der Waals surface area (Å²) in [5.41, 5.74) is -0.530. The smallest absolute Gasteiger partial charge is 0.271 e. The van der Waals surface area contributed by atoms with E-state index in [2.05, 4.69) is 5.32 Å². The molecule has 0 aliphatic carbocycles. The first-order valence-corrected chi connectivity index (χ1v) is 6.94. The Hall–Kier alpha value is -3.49. The van der Waals surface area contributed by atoms with Gasteiger partial charge in [0.25, 0.3) is 11.6 Å². The number of nitrogens with zero attached hydrogens (tertiary/aromatic N) is 1. The summed E-state index contributed by atoms with van der Waals surface area (Å²) in [5.74, 6) is -0.980. The fraction of sp³-hybridized carbons (Fsp3) is 0.125. The zero-order valence-corrected chi connectivity index (χ0v) is 13.0. The molecule has 130 valence electrons. The number of carbonyl (C=O) groups excluding carboxylic acids is 2. The van der Waals surface area contributed by atoms with Gasteiger partial charge in [0.2, 0.25) is 0 Å². The molecule has 2 rings (SSSR count). The van der Waals surface area contributed by atoms with Gasteiger partial charge in [0.1, 0.15) is 17.3 Å². The standard InChI is InChI=1S/C16H13FN2O6/c1-24-12-3-5-15(10(6-12)8-20)25-9-16(21)18-14-7-11(19(22)23)2-4-13(14)17/h2-8H,9H2,1H3,(H,18,21). The molecule has 1 N–H and O–H groups in total. The van der Waals surface area contributed by atoms with Gasteiger partial charge in [-0.15, -0.1) is 0 Å². The Morgan fingerprint density at radius 3 is 2.72 bits per heavy atom. The number of aldehydes is 1. The number of methoxy groups -OCH3 is 1. The molecule has 8 nitrogen and oxygen atoms in total. The van der Waals surface area contributed by atoms with Crippen LogP contribution in [0.25, 0.3) is 0 Å². The van der Waals surface area contributed by atoms with Gasteiger partial charge in [-0.25, -0.2) is 4.39 Å². The van der Waals surface area contributed by atoms with Crippen LogP contribution in [-0.4, -0.2) is 30.8 Å². The predicted molar refractivity (Wildman–Crippen MR) is 85.6 cm³/mol. The largest absolute Gasteiger partial charge is 0.497 e. The number of hydrogen-bond acceptors (Lipinski definition) is 6. The summed E-state index contributed by atoms with van der Waals surface area (Å²) in [6.07, 6.45) is 0.538. The summed E-state index contributed by atoms with van der Waals surface area (Å²) >= 11 is 0. The maximum absolute atomic E-state index is 13.6. The maximum Gasteiger partial charge on any atom is 0.271 e. The Bertz CT molecular complexity index is 824. The lowest BCUT2D eigenvalue weighted by Crippen LogP contribution is -2.21. The zero-order valence-electron chi connectivity index (χ0n) is 13.0. The molecular weight excluding hydrogens is 335 g/mol. The highest BCUT2D eigenvalue weighted by Gasteiger charge is 2.14. The number of nitro groups is 1. The summed E-state index contributed by atoms with van der Waals surface area (Å²) < 4.78 is 23.8. The van der Waals surface area contributed by atoms with Gasteiger partial charge in [-0.2, -0.15) is 0 Å². The number of non-ortho nitro benzene ring substituents is 1. The average molecular weight is 348 g/mol. The summed E-state index contributed by atoms with van der Waals surface area (Å²) in [6, 6.07) is 7.18. The van der Waals surface area contributed by atoms with Crippen LogP contribution in [-0.2, 0) is 4.79 Å². The molecule has 0 bridgehead atoms. The highest BCUT2D eigenvalue weighted by molar-refractivity contribution is 5.92. The number of amides is 1. The zero-order chi connectivity index (χ0) is 18.4. The molecule has 0 atom stereocenters. The Kier molecular flexibility index (Phi) is 5.62. The van der Waals surface area contributed by atoms with Gasteiger partial charge in [0.15, 0.2) is 12.9 Å². The van der Waals surface area contributed by atoms with Crippen LogP contribution in [0.3, 0.4) is 0 Å². The monoisotopic (exact) mass is 348 g/mol. The molecule has 0 radical (unpaired) electrons. The van der Waals surface area contributed by atoms with Crippen molar-refractivity contribution in [1.82, 2.24) is 0 Å². The van der Waals surface area contributed by atoms with Crippen LogP contribution in [0.2, 0.25) is 0 Å². The van der Waals surface area contributed by atoms with Gasteiger partial charge in [-0.05, 0) is 24.3 Å². The molecular formula is C16H13FN2O6. The number of rotatable bonds is 7. The van der Waals surface area contributed by atoms with Crippen LogP contribution >= 0.6 is 0 Å². The van der Waals surface area contributed by atoms with E-state index >= 15 is 0 Å². The molecule has 0 saturated heterocycles. The Morgan fingerprint density at radius 1 is 1.32 bits per heavy atom. The van der Waals surface area contributed by atoms with E-state index < -0.39 is 23.3 Å².